The number of hydrogen-bond donors (Lipinski definition) is 1. The molecule has 0 aliphatic carbocycles. The number of carbonyl (C=O) groups is 2. The Morgan fingerprint density at radius 1 is 1.35 bits per heavy atom. The zero-order valence-electron chi connectivity index (χ0n) is 11.4. The quantitative estimate of drug-likeness (QED) is 0.780. The van der Waals surface area contributed by atoms with Crippen LogP contribution in [0.25, 0.3) is 6.08 Å². The van der Waals surface area contributed by atoms with Gasteiger partial charge in [-0.1, -0.05) is 11.6 Å². The van der Waals surface area contributed by atoms with Crippen molar-refractivity contribution in [3.63, 3.8) is 0 Å². The van der Waals surface area contributed by atoms with Crippen LogP contribution in [-0.4, -0.2) is 60.5 Å². The summed E-state index contributed by atoms with van der Waals surface area (Å²) in [5.74, 6) is -1.34. The van der Waals surface area contributed by atoms with Crippen molar-refractivity contribution in [1.29, 1.82) is 0 Å². The third kappa shape index (κ3) is 6.18. The maximum Gasteiger partial charge on any atom is 0.323 e. The van der Waals surface area contributed by atoms with Crippen molar-refractivity contribution in [2.24, 2.45) is 0 Å². The number of likely N-dealkylation sites (N-methyl/N-ethyl adjacent to an activating group) is 1. The number of carboxylic acids is 1. The molecule has 20 heavy (non-hydrogen) atoms. The van der Waals surface area contributed by atoms with Crippen molar-refractivity contribution in [3.8, 4) is 0 Å². The van der Waals surface area contributed by atoms with Crippen LogP contribution in [0, 0.1) is 0 Å². The molecule has 1 heterocycles. The van der Waals surface area contributed by atoms with E-state index in [0.717, 1.165) is 4.88 Å². The molecule has 0 bridgehead atoms. The number of nitrogens with zero attached hydrogens (tertiary/aromatic N) is 2. The van der Waals surface area contributed by atoms with Crippen LogP contribution in [-0.2, 0) is 9.59 Å². The SMILES string of the molecule is CN(C)CCN(CC(=O)O)C(=O)/C=C/c1ccc(Cl)s1. The molecule has 5 nitrogen and oxygen atoms in total. The van der Waals surface area contributed by atoms with E-state index in [1.807, 2.05) is 19.0 Å². The highest BCUT2D eigenvalue weighted by Gasteiger charge is 2.14. The van der Waals surface area contributed by atoms with Crippen molar-refractivity contribution in [2.45, 2.75) is 0 Å². The van der Waals surface area contributed by atoms with Crippen molar-refractivity contribution < 1.29 is 14.7 Å². The molecule has 1 aromatic rings. The molecule has 0 saturated carbocycles. The fourth-order valence-electron chi connectivity index (χ4n) is 1.43. The lowest BCUT2D eigenvalue weighted by molar-refractivity contribution is -0.142. The molecule has 1 aromatic heterocycles. The van der Waals surface area contributed by atoms with Gasteiger partial charge in [-0.3, -0.25) is 9.59 Å². The summed E-state index contributed by atoms with van der Waals surface area (Å²) in [7, 11) is 3.74. The summed E-state index contributed by atoms with van der Waals surface area (Å²) in [5, 5.41) is 8.84. The Morgan fingerprint density at radius 3 is 2.55 bits per heavy atom. The minimum absolute atomic E-state index is 0.303. The standard InChI is InChI=1S/C13H17ClN2O3S/c1-15(2)7-8-16(9-13(18)19)12(17)6-4-10-3-5-11(14)20-10/h3-6H,7-9H2,1-2H3,(H,18,19)/b6-4+. The van der Waals surface area contributed by atoms with Crippen molar-refractivity contribution in [2.75, 3.05) is 33.7 Å². The first-order chi connectivity index (χ1) is 9.38. The van der Waals surface area contributed by atoms with Gasteiger partial charge in [0.1, 0.15) is 6.54 Å². The molecule has 0 saturated heterocycles. The minimum atomic E-state index is -1.02. The van der Waals surface area contributed by atoms with Gasteiger partial charge in [-0.15, -0.1) is 11.3 Å². The highest BCUT2D eigenvalue weighted by Crippen LogP contribution is 2.22. The second-order valence-electron chi connectivity index (χ2n) is 4.43. The number of carboxylic acid groups (broad SMARTS) is 1. The highest BCUT2D eigenvalue weighted by atomic mass is 35.5. The van der Waals surface area contributed by atoms with Crippen molar-refractivity contribution in [1.82, 2.24) is 9.80 Å². The number of halogens is 1. The molecule has 0 atom stereocenters. The third-order valence-electron chi connectivity index (χ3n) is 2.44. The van der Waals surface area contributed by atoms with E-state index in [0.29, 0.717) is 17.4 Å². The number of hydrogen-bond acceptors (Lipinski definition) is 4. The summed E-state index contributed by atoms with van der Waals surface area (Å²) in [4.78, 5) is 26.8. The summed E-state index contributed by atoms with van der Waals surface area (Å²) in [6.07, 6.45) is 3.02. The van der Waals surface area contributed by atoms with Crippen LogP contribution in [0.15, 0.2) is 18.2 Å². The maximum absolute atomic E-state index is 12.0. The first-order valence-electron chi connectivity index (χ1n) is 5.97. The topological polar surface area (TPSA) is 60.9 Å². The van der Waals surface area contributed by atoms with Crippen LogP contribution in [0.1, 0.15) is 4.88 Å². The largest absolute Gasteiger partial charge is 0.480 e. The first-order valence-corrected chi connectivity index (χ1v) is 7.17. The van der Waals surface area contributed by atoms with Gasteiger partial charge >= 0.3 is 5.97 Å². The van der Waals surface area contributed by atoms with E-state index in [2.05, 4.69) is 0 Å². The number of aliphatic carboxylic acids is 1. The van der Waals surface area contributed by atoms with Gasteiger partial charge in [0.05, 0.1) is 4.34 Å². The fraction of sp³-hybridized carbons (Fsp3) is 0.385. The lowest BCUT2D eigenvalue weighted by atomic mass is 10.3. The third-order valence-corrected chi connectivity index (χ3v) is 3.64. The van der Waals surface area contributed by atoms with Crippen LogP contribution in [0.4, 0.5) is 0 Å². The van der Waals surface area contributed by atoms with Gasteiger partial charge in [-0.05, 0) is 32.3 Å². The molecular formula is C13H17ClN2O3S. The smallest absolute Gasteiger partial charge is 0.323 e. The number of rotatable bonds is 7. The van der Waals surface area contributed by atoms with Gasteiger partial charge < -0.3 is 14.9 Å². The monoisotopic (exact) mass is 316 g/mol. The van der Waals surface area contributed by atoms with Gasteiger partial charge in [0.25, 0.3) is 0 Å². The normalized spacial score (nSPS) is 11.2. The van der Waals surface area contributed by atoms with Gasteiger partial charge in [0.2, 0.25) is 5.91 Å². The molecule has 0 aliphatic rings. The predicted molar refractivity (Wildman–Crippen MR) is 81.1 cm³/mol. The van der Waals surface area contributed by atoms with Crippen LogP contribution < -0.4 is 0 Å². The second kappa shape index (κ2) is 8.04. The molecule has 0 aliphatic heterocycles. The Morgan fingerprint density at radius 2 is 2.05 bits per heavy atom. The Hall–Kier alpha value is -1.37. The van der Waals surface area contributed by atoms with Crippen LogP contribution in [0.2, 0.25) is 4.34 Å². The van der Waals surface area contributed by atoms with Crippen LogP contribution in [0.5, 0.6) is 0 Å². The number of carbonyl (C=O) groups excluding carboxylic acids is 1. The van der Waals surface area contributed by atoms with E-state index in [9.17, 15) is 9.59 Å². The minimum Gasteiger partial charge on any atom is -0.480 e. The van der Waals surface area contributed by atoms with E-state index >= 15 is 0 Å². The summed E-state index contributed by atoms with van der Waals surface area (Å²) in [6, 6.07) is 3.55. The Kier molecular flexibility index (Phi) is 6.70. The molecule has 0 fully saturated rings. The summed E-state index contributed by atoms with van der Waals surface area (Å²) >= 11 is 7.15. The predicted octanol–water partition coefficient (Wildman–Crippen LogP) is 1.89. The molecule has 110 valence electrons. The number of thiophene rings is 1. The van der Waals surface area contributed by atoms with E-state index in [-0.39, 0.29) is 12.5 Å². The lowest BCUT2D eigenvalue weighted by Gasteiger charge is -2.21. The van der Waals surface area contributed by atoms with Crippen molar-refractivity contribution in [3.05, 3.63) is 27.4 Å². The molecular weight excluding hydrogens is 300 g/mol. The summed E-state index contributed by atoms with van der Waals surface area (Å²) < 4.78 is 0.645. The molecule has 0 spiro atoms. The molecule has 0 radical (unpaired) electrons. The zero-order chi connectivity index (χ0) is 15.1. The first kappa shape index (κ1) is 16.7. The van der Waals surface area contributed by atoms with Gasteiger partial charge in [-0.25, -0.2) is 0 Å². The highest BCUT2D eigenvalue weighted by molar-refractivity contribution is 7.17. The van der Waals surface area contributed by atoms with E-state index in [4.69, 9.17) is 16.7 Å². The Labute approximate surface area is 127 Å². The fourth-order valence-corrected chi connectivity index (χ4v) is 2.39. The van der Waals surface area contributed by atoms with E-state index < -0.39 is 5.97 Å². The molecule has 0 unspecified atom stereocenters. The lowest BCUT2D eigenvalue weighted by Crippen LogP contribution is -2.39. The maximum atomic E-state index is 12.0. The molecule has 1 amide bonds. The average molecular weight is 317 g/mol. The molecule has 0 aromatic carbocycles. The molecule has 1 rings (SSSR count). The van der Waals surface area contributed by atoms with E-state index in [1.165, 1.54) is 22.3 Å². The summed E-state index contributed by atoms with van der Waals surface area (Å²) in [5.41, 5.74) is 0. The van der Waals surface area contributed by atoms with Crippen molar-refractivity contribution >= 4 is 40.9 Å². The van der Waals surface area contributed by atoms with Crippen LogP contribution in [0.3, 0.4) is 0 Å². The second-order valence-corrected chi connectivity index (χ2v) is 6.18. The van der Waals surface area contributed by atoms with Gasteiger partial charge in [0.15, 0.2) is 0 Å². The zero-order valence-corrected chi connectivity index (χ0v) is 12.9. The summed E-state index contributed by atoms with van der Waals surface area (Å²) in [6.45, 7) is 0.674. The average Bonchev–Trinajstić information content (AvgIpc) is 2.76. The molecule has 7 heteroatoms. The Bertz CT molecular complexity index is 500. The van der Waals surface area contributed by atoms with E-state index in [1.54, 1.807) is 18.2 Å². The van der Waals surface area contributed by atoms with Crippen LogP contribution >= 0.6 is 22.9 Å². The molecule has 1 N–H and O–H groups in total. The van der Waals surface area contributed by atoms with Gasteiger partial charge in [0, 0.05) is 24.0 Å². The van der Waals surface area contributed by atoms with Gasteiger partial charge in [-0.2, -0.15) is 0 Å². The number of amides is 1. The Balaban J connectivity index is 2.66.